The van der Waals surface area contributed by atoms with Crippen molar-refractivity contribution < 1.29 is 9.53 Å². The third kappa shape index (κ3) is 4.19. The van der Waals surface area contributed by atoms with Crippen molar-refractivity contribution in [3.8, 4) is 11.4 Å². The molecule has 0 spiro atoms. The summed E-state index contributed by atoms with van der Waals surface area (Å²) in [7, 11) is 1.59. The predicted molar refractivity (Wildman–Crippen MR) is 135 cm³/mol. The maximum atomic E-state index is 13.5. The average Bonchev–Trinajstić information content (AvgIpc) is 2.88. The Bertz CT molecular complexity index is 1430. The van der Waals surface area contributed by atoms with E-state index in [1.807, 2.05) is 60.4 Å². The monoisotopic (exact) mass is 471 g/mol. The number of amides is 1. The summed E-state index contributed by atoms with van der Waals surface area (Å²) in [6.07, 6.45) is 0.849. The van der Waals surface area contributed by atoms with Gasteiger partial charge in [0.15, 0.2) is 5.16 Å². The maximum Gasteiger partial charge on any atom is 0.266 e. The number of fused-ring (bicyclic) bond motifs is 2. The molecule has 4 aromatic rings. The first-order valence-corrected chi connectivity index (χ1v) is 12.1. The zero-order valence-electron chi connectivity index (χ0n) is 19.1. The summed E-state index contributed by atoms with van der Waals surface area (Å²) in [5.41, 5.74) is 3.58. The molecule has 5 rings (SSSR count). The lowest BCUT2D eigenvalue weighted by Crippen LogP contribution is -2.40. The molecule has 1 unspecified atom stereocenters. The second-order valence-electron chi connectivity index (χ2n) is 8.29. The van der Waals surface area contributed by atoms with Crippen molar-refractivity contribution in [2.45, 2.75) is 30.3 Å². The van der Waals surface area contributed by atoms with Gasteiger partial charge in [-0.05, 0) is 48.7 Å². The number of hydrogen-bond donors (Lipinski definition) is 0. The van der Waals surface area contributed by atoms with E-state index in [-0.39, 0.29) is 11.5 Å². The van der Waals surface area contributed by atoms with E-state index in [9.17, 15) is 9.59 Å². The molecule has 1 atom stereocenters. The molecule has 0 saturated carbocycles. The summed E-state index contributed by atoms with van der Waals surface area (Å²) in [5, 5.41) is 0.603. The normalized spacial score (nSPS) is 14.0. The van der Waals surface area contributed by atoms with E-state index in [1.54, 1.807) is 23.8 Å². The minimum atomic E-state index is -0.407. The Morgan fingerprint density at radius 3 is 2.62 bits per heavy atom. The fraction of sp³-hybridized carbons (Fsp3) is 0.222. The van der Waals surface area contributed by atoms with Crippen LogP contribution < -0.4 is 10.3 Å². The van der Waals surface area contributed by atoms with Crippen LogP contribution in [0.4, 0.5) is 0 Å². The van der Waals surface area contributed by atoms with Crippen LogP contribution in [0.2, 0.25) is 0 Å². The largest absolute Gasteiger partial charge is 0.497 e. The van der Waals surface area contributed by atoms with Crippen molar-refractivity contribution in [1.29, 1.82) is 0 Å². The van der Waals surface area contributed by atoms with Gasteiger partial charge in [-0.25, -0.2) is 4.98 Å². The standard InChI is InChI=1S/C27H25N3O3S/c1-18(25(31)29-15-14-19-8-3-4-9-20(19)17-29)34-27-28-24-13-6-5-12-23(24)26(32)30(27)21-10-7-11-22(16-21)33-2/h3-13,16,18H,14-15,17H2,1-2H3. The Hall–Kier alpha value is -3.58. The Labute approximate surface area is 202 Å². The van der Waals surface area contributed by atoms with Crippen LogP contribution in [-0.4, -0.2) is 39.3 Å². The number of thioether (sulfide) groups is 1. The third-order valence-electron chi connectivity index (χ3n) is 6.13. The van der Waals surface area contributed by atoms with Crippen molar-refractivity contribution in [1.82, 2.24) is 14.5 Å². The zero-order valence-corrected chi connectivity index (χ0v) is 19.9. The van der Waals surface area contributed by atoms with Crippen molar-refractivity contribution in [3.63, 3.8) is 0 Å². The molecule has 1 aliphatic rings. The molecular weight excluding hydrogens is 446 g/mol. The Morgan fingerprint density at radius 2 is 1.79 bits per heavy atom. The first kappa shape index (κ1) is 22.2. The van der Waals surface area contributed by atoms with Gasteiger partial charge < -0.3 is 9.64 Å². The first-order chi connectivity index (χ1) is 16.5. The summed E-state index contributed by atoms with van der Waals surface area (Å²) in [6, 6.07) is 22.9. The van der Waals surface area contributed by atoms with Gasteiger partial charge in [0, 0.05) is 19.2 Å². The zero-order chi connectivity index (χ0) is 23.7. The number of nitrogens with zero attached hydrogens (tertiary/aromatic N) is 3. The van der Waals surface area contributed by atoms with Gasteiger partial charge in [0.05, 0.1) is 29.0 Å². The van der Waals surface area contributed by atoms with Gasteiger partial charge in [-0.15, -0.1) is 0 Å². The lowest BCUT2D eigenvalue weighted by atomic mass is 10.00. The molecule has 7 heteroatoms. The molecule has 0 N–H and O–H groups in total. The number of hydrogen-bond acceptors (Lipinski definition) is 5. The summed E-state index contributed by atoms with van der Waals surface area (Å²) in [6.45, 7) is 3.17. The highest BCUT2D eigenvalue weighted by Gasteiger charge is 2.27. The predicted octanol–water partition coefficient (Wildman–Crippen LogP) is 4.46. The van der Waals surface area contributed by atoms with Gasteiger partial charge in [0.2, 0.25) is 5.91 Å². The molecule has 6 nitrogen and oxygen atoms in total. The highest BCUT2D eigenvalue weighted by molar-refractivity contribution is 8.00. The molecule has 3 aromatic carbocycles. The fourth-order valence-electron chi connectivity index (χ4n) is 4.32. The lowest BCUT2D eigenvalue weighted by molar-refractivity contribution is -0.131. The topological polar surface area (TPSA) is 64.4 Å². The van der Waals surface area contributed by atoms with Crippen molar-refractivity contribution in [2.75, 3.05) is 13.7 Å². The number of ether oxygens (including phenoxy) is 1. The van der Waals surface area contributed by atoms with Crippen molar-refractivity contribution in [2.24, 2.45) is 0 Å². The van der Waals surface area contributed by atoms with E-state index in [1.165, 1.54) is 22.9 Å². The van der Waals surface area contributed by atoms with Crippen LogP contribution in [-0.2, 0) is 17.8 Å². The molecular formula is C27H25N3O3S. The quantitative estimate of drug-likeness (QED) is 0.318. The number of carbonyl (C=O) groups excluding carboxylic acids is 1. The smallest absolute Gasteiger partial charge is 0.266 e. The molecule has 2 heterocycles. The molecule has 0 saturated heterocycles. The highest BCUT2D eigenvalue weighted by atomic mass is 32.2. The highest BCUT2D eigenvalue weighted by Crippen LogP contribution is 2.29. The second-order valence-corrected chi connectivity index (χ2v) is 9.60. The Kier molecular flexibility index (Phi) is 6.11. The van der Waals surface area contributed by atoms with Crippen LogP contribution in [0, 0.1) is 0 Å². The van der Waals surface area contributed by atoms with Crippen LogP contribution in [0.3, 0.4) is 0 Å². The number of methoxy groups -OCH3 is 1. The molecule has 0 aliphatic carbocycles. The minimum absolute atomic E-state index is 0.0408. The molecule has 0 radical (unpaired) electrons. The van der Waals surface area contributed by atoms with E-state index < -0.39 is 5.25 Å². The Balaban J connectivity index is 1.50. The average molecular weight is 472 g/mol. The molecule has 34 heavy (non-hydrogen) atoms. The number of rotatable bonds is 5. The van der Waals surface area contributed by atoms with Crippen LogP contribution >= 0.6 is 11.8 Å². The number of para-hydroxylation sites is 1. The molecule has 1 aromatic heterocycles. The first-order valence-electron chi connectivity index (χ1n) is 11.2. The lowest BCUT2D eigenvalue weighted by Gasteiger charge is -2.30. The summed E-state index contributed by atoms with van der Waals surface area (Å²) < 4.78 is 6.94. The van der Waals surface area contributed by atoms with Gasteiger partial charge in [-0.2, -0.15) is 0 Å². The van der Waals surface area contributed by atoms with E-state index in [2.05, 4.69) is 12.1 Å². The maximum absolute atomic E-state index is 13.5. The van der Waals surface area contributed by atoms with Crippen molar-refractivity contribution >= 4 is 28.6 Å². The van der Waals surface area contributed by atoms with Gasteiger partial charge in [0.25, 0.3) is 5.56 Å². The molecule has 0 bridgehead atoms. The van der Waals surface area contributed by atoms with Crippen LogP contribution in [0.25, 0.3) is 16.6 Å². The SMILES string of the molecule is COc1cccc(-n2c(SC(C)C(=O)N3CCc4ccccc4C3)nc3ccccc3c2=O)c1. The van der Waals surface area contributed by atoms with Gasteiger partial charge in [0.1, 0.15) is 5.75 Å². The second kappa shape index (κ2) is 9.35. The molecule has 1 aliphatic heterocycles. The van der Waals surface area contributed by atoms with Crippen LogP contribution in [0.1, 0.15) is 18.1 Å². The van der Waals surface area contributed by atoms with Crippen LogP contribution in [0.5, 0.6) is 5.75 Å². The Morgan fingerprint density at radius 1 is 1.03 bits per heavy atom. The van der Waals surface area contributed by atoms with Gasteiger partial charge in [-0.3, -0.25) is 14.2 Å². The van der Waals surface area contributed by atoms with E-state index in [0.717, 1.165) is 6.42 Å². The minimum Gasteiger partial charge on any atom is -0.497 e. The van der Waals surface area contributed by atoms with E-state index in [4.69, 9.17) is 9.72 Å². The molecule has 172 valence electrons. The summed E-state index contributed by atoms with van der Waals surface area (Å²) in [4.78, 5) is 33.6. The number of benzene rings is 3. The summed E-state index contributed by atoms with van der Waals surface area (Å²) in [5.74, 6) is 0.684. The fourth-order valence-corrected chi connectivity index (χ4v) is 5.33. The molecule has 1 amide bonds. The van der Waals surface area contributed by atoms with Gasteiger partial charge >= 0.3 is 0 Å². The van der Waals surface area contributed by atoms with E-state index >= 15 is 0 Å². The summed E-state index contributed by atoms with van der Waals surface area (Å²) >= 11 is 1.31. The number of carbonyl (C=O) groups is 1. The van der Waals surface area contributed by atoms with Crippen molar-refractivity contribution in [3.05, 3.63) is 94.3 Å². The van der Waals surface area contributed by atoms with Crippen LogP contribution in [0.15, 0.2) is 82.7 Å². The molecule has 0 fully saturated rings. The number of aromatic nitrogens is 2. The van der Waals surface area contributed by atoms with Gasteiger partial charge in [-0.1, -0.05) is 54.2 Å². The third-order valence-corrected chi connectivity index (χ3v) is 7.17. The van der Waals surface area contributed by atoms with E-state index in [0.29, 0.717) is 40.6 Å².